The Balaban J connectivity index is 2.53. The molecule has 1 aliphatic heterocycles. The van der Waals surface area contributed by atoms with Crippen LogP contribution in [0.3, 0.4) is 0 Å². The lowest BCUT2D eigenvalue weighted by Crippen LogP contribution is -2.08. The Kier molecular flexibility index (Phi) is 1.57. The first-order valence-electron chi connectivity index (χ1n) is 4.01. The number of aromatic hydroxyl groups is 1. The molecule has 64 valence electrons. The second kappa shape index (κ2) is 2.59. The number of phenolic OH excluding ortho intramolecular Hbond substituents is 1. The summed E-state index contributed by atoms with van der Waals surface area (Å²) in [6.07, 6.45) is 1.93. The summed E-state index contributed by atoms with van der Waals surface area (Å²) in [4.78, 5) is 0. The highest BCUT2D eigenvalue weighted by molar-refractivity contribution is 5.56. The first-order valence-corrected chi connectivity index (χ1v) is 4.01. The van der Waals surface area contributed by atoms with E-state index >= 15 is 0 Å². The van der Waals surface area contributed by atoms with Crippen LogP contribution in [0.25, 0.3) is 0 Å². The minimum atomic E-state index is 0.157. The fourth-order valence-corrected chi connectivity index (χ4v) is 1.49. The SMILES string of the molecule is Nc1cc(O)c2c(c1)CCCO2. The Labute approximate surface area is 70.8 Å². The first-order chi connectivity index (χ1) is 5.77. The number of nitrogen functional groups attached to an aromatic ring is 1. The number of ether oxygens (including phenoxy) is 1. The molecule has 0 bridgehead atoms. The molecule has 1 heterocycles. The number of aryl methyl sites for hydroxylation is 1. The number of hydrogen-bond acceptors (Lipinski definition) is 3. The van der Waals surface area contributed by atoms with E-state index in [1.165, 1.54) is 6.07 Å². The van der Waals surface area contributed by atoms with Crippen LogP contribution in [0.5, 0.6) is 11.5 Å². The third-order valence-corrected chi connectivity index (χ3v) is 2.01. The third kappa shape index (κ3) is 1.07. The molecule has 0 aliphatic carbocycles. The van der Waals surface area contributed by atoms with Gasteiger partial charge in [0, 0.05) is 17.3 Å². The number of hydrogen-bond donors (Lipinski definition) is 2. The Morgan fingerprint density at radius 3 is 3.08 bits per heavy atom. The van der Waals surface area contributed by atoms with Crippen molar-refractivity contribution in [2.45, 2.75) is 12.8 Å². The minimum absolute atomic E-state index is 0.157. The van der Waals surface area contributed by atoms with Crippen molar-refractivity contribution in [3.8, 4) is 11.5 Å². The molecule has 0 spiro atoms. The number of phenols is 1. The van der Waals surface area contributed by atoms with E-state index in [4.69, 9.17) is 10.5 Å². The van der Waals surface area contributed by atoms with E-state index in [2.05, 4.69) is 0 Å². The smallest absolute Gasteiger partial charge is 0.164 e. The second-order valence-corrected chi connectivity index (χ2v) is 2.98. The molecular formula is C9H11NO2. The molecule has 0 saturated carbocycles. The molecule has 3 heteroatoms. The van der Waals surface area contributed by atoms with Gasteiger partial charge in [-0.25, -0.2) is 0 Å². The molecule has 3 N–H and O–H groups in total. The maximum absolute atomic E-state index is 9.43. The van der Waals surface area contributed by atoms with Gasteiger partial charge < -0.3 is 15.6 Å². The Hall–Kier alpha value is -1.38. The van der Waals surface area contributed by atoms with Gasteiger partial charge in [0.05, 0.1) is 6.61 Å². The zero-order valence-corrected chi connectivity index (χ0v) is 6.71. The molecule has 0 radical (unpaired) electrons. The molecule has 2 rings (SSSR count). The van der Waals surface area contributed by atoms with Gasteiger partial charge in [-0.15, -0.1) is 0 Å². The van der Waals surface area contributed by atoms with Crippen LogP contribution in [0.2, 0.25) is 0 Å². The van der Waals surface area contributed by atoms with Gasteiger partial charge in [0.2, 0.25) is 0 Å². The maximum atomic E-state index is 9.43. The van der Waals surface area contributed by atoms with E-state index < -0.39 is 0 Å². The topological polar surface area (TPSA) is 55.5 Å². The molecular weight excluding hydrogens is 154 g/mol. The van der Waals surface area contributed by atoms with Crippen molar-refractivity contribution in [1.82, 2.24) is 0 Å². The molecule has 0 unspecified atom stereocenters. The summed E-state index contributed by atoms with van der Waals surface area (Å²) in [7, 11) is 0. The van der Waals surface area contributed by atoms with Gasteiger partial charge in [-0.1, -0.05) is 0 Å². The van der Waals surface area contributed by atoms with Crippen LogP contribution in [-0.2, 0) is 6.42 Å². The van der Waals surface area contributed by atoms with Gasteiger partial charge in [0.25, 0.3) is 0 Å². The van der Waals surface area contributed by atoms with Crippen molar-refractivity contribution in [1.29, 1.82) is 0 Å². The Morgan fingerprint density at radius 1 is 1.42 bits per heavy atom. The highest BCUT2D eigenvalue weighted by Gasteiger charge is 2.14. The molecule has 1 aromatic rings. The summed E-state index contributed by atoms with van der Waals surface area (Å²) in [6, 6.07) is 3.37. The van der Waals surface area contributed by atoms with Crippen LogP contribution in [0.4, 0.5) is 5.69 Å². The molecule has 0 amide bonds. The van der Waals surface area contributed by atoms with E-state index in [1.54, 1.807) is 0 Å². The number of nitrogens with two attached hydrogens (primary N) is 1. The quantitative estimate of drug-likeness (QED) is 0.570. The largest absolute Gasteiger partial charge is 0.504 e. The molecule has 3 nitrogen and oxygen atoms in total. The van der Waals surface area contributed by atoms with Crippen molar-refractivity contribution in [3.63, 3.8) is 0 Å². The van der Waals surface area contributed by atoms with Crippen LogP contribution in [0, 0.1) is 0 Å². The molecule has 0 saturated heterocycles. The van der Waals surface area contributed by atoms with Gasteiger partial charge in [-0.05, 0) is 18.9 Å². The third-order valence-electron chi connectivity index (χ3n) is 2.01. The van der Waals surface area contributed by atoms with E-state index in [0.717, 1.165) is 18.4 Å². The van der Waals surface area contributed by atoms with Crippen LogP contribution in [-0.4, -0.2) is 11.7 Å². The fraction of sp³-hybridized carbons (Fsp3) is 0.333. The first kappa shape index (κ1) is 7.28. The summed E-state index contributed by atoms with van der Waals surface area (Å²) >= 11 is 0. The molecule has 12 heavy (non-hydrogen) atoms. The van der Waals surface area contributed by atoms with Gasteiger partial charge in [0.1, 0.15) is 0 Å². The van der Waals surface area contributed by atoms with Crippen molar-refractivity contribution in [2.24, 2.45) is 0 Å². The Morgan fingerprint density at radius 2 is 2.25 bits per heavy atom. The zero-order valence-electron chi connectivity index (χ0n) is 6.71. The number of fused-ring (bicyclic) bond motifs is 1. The van der Waals surface area contributed by atoms with Gasteiger partial charge in [-0.3, -0.25) is 0 Å². The highest BCUT2D eigenvalue weighted by atomic mass is 16.5. The average Bonchev–Trinajstić information content (AvgIpc) is 2.04. The lowest BCUT2D eigenvalue weighted by molar-refractivity contribution is 0.273. The summed E-state index contributed by atoms with van der Waals surface area (Å²) in [5.74, 6) is 0.764. The standard InChI is InChI=1S/C9H11NO2/c10-7-4-6-2-1-3-12-9(6)8(11)5-7/h4-5,11H,1-3,10H2. The zero-order chi connectivity index (χ0) is 8.55. The summed E-state index contributed by atoms with van der Waals surface area (Å²) < 4.78 is 5.30. The van der Waals surface area contributed by atoms with Gasteiger partial charge in [0.15, 0.2) is 11.5 Å². The normalized spacial score (nSPS) is 15.0. The highest BCUT2D eigenvalue weighted by Crippen LogP contribution is 2.35. The molecule has 0 atom stereocenters. The lowest BCUT2D eigenvalue weighted by atomic mass is 10.1. The van der Waals surface area contributed by atoms with Gasteiger partial charge >= 0.3 is 0 Å². The van der Waals surface area contributed by atoms with E-state index in [0.29, 0.717) is 18.0 Å². The molecule has 0 aromatic heterocycles. The van der Waals surface area contributed by atoms with E-state index in [-0.39, 0.29) is 5.75 Å². The predicted molar refractivity (Wildman–Crippen MR) is 46.3 cm³/mol. The number of benzene rings is 1. The summed E-state index contributed by atoms with van der Waals surface area (Å²) in [6.45, 7) is 0.685. The summed E-state index contributed by atoms with van der Waals surface area (Å²) in [5.41, 5.74) is 7.17. The van der Waals surface area contributed by atoms with Crippen molar-refractivity contribution in [3.05, 3.63) is 17.7 Å². The van der Waals surface area contributed by atoms with Crippen molar-refractivity contribution >= 4 is 5.69 Å². The van der Waals surface area contributed by atoms with Crippen molar-refractivity contribution in [2.75, 3.05) is 12.3 Å². The van der Waals surface area contributed by atoms with Crippen molar-refractivity contribution < 1.29 is 9.84 Å². The average molecular weight is 165 g/mol. The molecule has 0 fully saturated rings. The minimum Gasteiger partial charge on any atom is -0.504 e. The van der Waals surface area contributed by atoms with E-state index in [9.17, 15) is 5.11 Å². The van der Waals surface area contributed by atoms with E-state index in [1.807, 2.05) is 6.07 Å². The monoisotopic (exact) mass is 165 g/mol. The van der Waals surface area contributed by atoms with Crippen LogP contribution in [0.15, 0.2) is 12.1 Å². The second-order valence-electron chi connectivity index (χ2n) is 2.98. The predicted octanol–water partition coefficient (Wildman–Crippen LogP) is 1.30. The maximum Gasteiger partial charge on any atom is 0.164 e. The fourth-order valence-electron chi connectivity index (χ4n) is 1.49. The lowest BCUT2D eigenvalue weighted by Gasteiger charge is -2.18. The van der Waals surface area contributed by atoms with Gasteiger partial charge in [-0.2, -0.15) is 0 Å². The number of rotatable bonds is 0. The van der Waals surface area contributed by atoms with Crippen LogP contribution in [0.1, 0.15) is 12.0 Å². The van der Waals surface area contributed by atoms with Crippen LogP contribution >= 0.6 is 0 Å². The number of anilines is 1. The molecule has 1 aromatic carbocycles. The Bertz CT molecular complexity index is 310. The molecule has 1 aliphatic rings. The van der Waals surface area contributed by atoms with Crippen LogP contribution < -0.4 is 10.5 Å². The summed E-state index contributed by atoms with van der Waals surface area (Å²) in [5, 5.41) is 9.43.